The highest BCUT2D eigenvalue weighted by molar-refractivity contribution is 6.01. The molecule has 0 aliphatic heterocycles. The largest absolute Gasteiger partial charge is 0.293 e. The second-order valence-electron chi connectivity index (χ2n) is 4.66. The average Bonchev–Trinajstić information content (AvgIpc) is 2.82. The minimum atomic E-state index is -0.355. The lowest BCUT2D eigenvalue weighted by Crippen LogP contribution is -2.10. The van der Waals surface area contributed by atoms with E-state index in [1.54, 1.807) is 12.1 Å². The van der Waals surface area contributed by atoms with Gasteiger partial charge in [-0.1, -0.05) is 36.4 Å². The molecule has 1 aliphatic carbocycles. The number of hydrogen-bond donors (Lipinski definition) is 0. The lowest BCUT2D eigenvalue weighted by atomic mass is 9.92. The summed E-state index contributed by atoms with van der Waals surface area (Å²) in [5, 5.41) is 0. The number of aryl methyl sites for hydroxylation is 1. The smallest absolute Gasteiger partial charge is 0.170 e. The third kappa shape index (κ3) is 1.84. The monoisotopic (exact) mass is 240 g/mol. The fourth-order valence-corrected chi connectivity index (χ4v) is 2.67. The summed E-state index contributed by atoms with van der Waals surface area (Å²) in [4.78, 5) is 12.4. The molecule has 0 fully saturated rings. The summed E-state index contributed by atoms with van der Waals surface area (Å²) in [6, 6.07) is 14.0. The fourth-order valence-electron chi connectivity index (χ4n) is 2.67. The van der Waals surface area contributed by atoms with Gasteiger partial charge < -0.3 is 0 Å². The summed E-state index contributed by atoms with van der Waals surface area (Å²) < 4.78 is 13.2. The Labute approximate surface area is 105 Å². The standard InChI is InChI=1S/C16H13FO/c17-13-6-3-5-12(10-13)16(18)15-9-8-11-4-1-2-7-14(11)15/h1-7,10,15H,8-9H2. The lowest BCUT2D eigenvalue weighted by molar-refractivity contribution is 0.0959. The number of halogens is 1. The minimum absolute atomic E-state index is 0.0273. The van der Waals surface area contributed by atoms with Crippen LogP contribution in [-0.4, -0.2) is 5.78 Å². The summed E-state index contributed by atoms with van der Waals surface area (Å²) in [6.45, 7) is 0. The van der Waals surface area contributed by atoms with Crippen molar-refractivity contribution in [3.63, 3.8) is 0 Å². The number of rotatable bonds is 2. The molecule has 90 valence electrons. The maximum absolute atomic E-state index is 13.2. The zero-order chi connectivity index (χ0) is 12.5. The highest BCUT2D eigenvalue weighted by Crippen LogP contribution is 2.35. The van der Waals surface area contributed by atoms with Crippen LogP contribution in [0.15, 0.2) is 48.5 Å². The van der Waals surface area contributed by atoms with Crippen molar-refractivity contribution in [2.24, 2.45) is 0 Å². The first-order chi connectivity index (χ1) is 8.75. The minimum Gasteiger partial charge on any atom is -0.293 e. The average molecular weight is 240 g/mol. The Morgan fingerprint density at radius 1 is 1.11 bits per heavy atom. The number of carbonyl (C=O) groups excluding carboxylic acids is 1. The second-order valence-corrected chi connectivity index (χ2v) is 4.66. The van der Waals surface area contributed by atoms with E-state index in [0.29, 0.717) is 5.56 Å². The van der Waals surface area contributed by atoms with Crippen molar-refractivity contribution >= 4 is 5.78 Å². The van der Waals surface area contributed by atoms with Crippen LogP contribution in [0.1, 0.15) is 33.8 Å². The van der Waals surface area contributed by atoms with Crippen LogP contribution in [0.5, 0.6) is 0 Å². The SMILES string of the molecule is O=C(c1cccc(F)c1)C1CCc2ccccc21. The fraction of sp³-hybridized carbons (Fsp3) is 0.188. The molecule has 0 radical (unpaired) electrons. The van der Waals surface area contributed by atoms with Crippen LogP contribution in [-0.2, 0) is 6.42 Å². The quantitative estimate of drug-likeness (QED) is 0.731. The first kappa shape index (κ1) is 11.1. The predicted molar refractivity (Wildman–Crippen MR) is 68.2 cm³/mol. The molecular formula is C16H13FO. The predicted octanol–water partition coefficient (Wildman–Crippen LogP) is 3.74. The van der Waals surface area contributed by atoms with E-state index in [1.807, 2.05) is 18.2 Å². The van der Waals surface area contributed by atoms with Crippen molar-refractivity contribution in [1.82, 2.24) is 0 Å². The van der Waals surface area contributed by atoms with Gasteiger partial charge in [0.1, 0.15) is 5.82 Å². The van der Waals surface area contributed by atoms with Gasteiger partial charge in [-0.05, 0) is 36.1 Å². The second kappa shape index (κ2) is 4.37. The number of benzene rings is 2. The van der Waals surface area contributed by atoms with Crippen LogP contribution in [0.4, 0.5) is 4.39 Å². The molecule has 0 saturated carbocycles. The Morgan fingerprint density at radius 2 is 1.94 bits per heavy atom. The van der Waals surface area contributed by atoms with E-state index in [4.69, 9.17) is 0 Å². The van der Waals surface area contributed by atoms with Crippen LogP contribution >= 0.6 is 0 Å². The Bertz CT molecular complexity index is 604. The first-order valence-corrected chi connectivity index (χ1v) is 6.13. The van der Waals surface area contributed by atoms with Gasteiger partial charge in [0, 0.05) is 11.5 Å². The van der Waals surface area contributed by atoms with Gasteiger partial charge in [-0.2, -0.15) is 0 Å². The van der Waals surface area contributed by atoms with Crippen molar-refractivity contribution in [2.75, 3.05) is 0 Å². The van der Waals surface area contributed by atoms with E-state index in [0.717, 1.165) is 18.4 Å². The van der Waals surface area contributed by atoms with Gasteiger partial charge in [-0.3, -0.25) is 4.79 Å². The van der Waals surface area contributed by atoms with Gasteiger partial charge in [0.15, 0.2) is 5.78 Å². The van der Waals surface area contributed by atoms with Crippen molar-refractivity contribution in [3.8, 4) is 0 Å². The zero-order valence-corrected chi connectivity index (χ0v) is 9.90. The Kier molecular flexibility index (Phi) is 2.71. The van der Waals surface area contributed by atoms with E-state index < -0.39 is 0 Å². The van der Waals surface area contributed by atoms with Gasteiger partial charge in [0.05, 0.1) is 0 Å². The topological polar surface area (TPSA) is 17.1 Å². The molecule has 18 heavy (non-hydrogen) atoms. The van der Waals surface area contributed by atoms with Gasteiger partial charge in [0.25, 0.3) is 0 Å². The molecule has 1 aliphatic rings. The van der Waals surface area contributed by atoms with E-state index in [2.05, 4.69) is 6.07 Å². The number of ketones is 1. The van der Waals surface area contributed by atoms with E-state index in [1.165, 1.54) is 17.7 Å². The molecule has 1 nitrogen and oxygen atoms in total. The van der Waals surface area contributed by atoms with Gasteiger partial charge in [-0.15, -0.1) is 0 Å². The summed E-state index contributed by atoms with van der Waals surface area (Å²) in [5.74, 6) is -0.436. The van der Waals surface area contributed by atoms with Gasteiger partial charge in [0.2, 0.25) is 0 Å². The van der Waals surface area contributed by atoms with Crippen molar-refractivity contribution in [1.29, 1.82) is 0 Å². The van der Waals surface area contributed by atoms with Crippen molar-refractivity contribution < 1.29 is 9.18 Å². The molecule has 0 amide bonds. The Morgan fingerprint density at radius 3 is 2.78 bits per heavy atom. The Balaban J connectivity index is 1.96. The number of fused-ring (bicyclic) bond motifs is 1. The van der Waals surface area contributed by atoms with Crippen LogP contribution in [0.25, 0.3) is 0 Å². The Hall–Kier alpha value is -1.96. The molecule has 0 saturated heterocycles. The molecule has 0 spiro atoms. The maximum atomic E-state index is 13.2. The van der Waals surface area contributed by atoms with Crippen LogP contribution < -0.4 is 0 Å². The molecule has 2 aromatic carbocycles. The van der Waals surface area contributed by atoms with Crippen LogP contribution in [0.3, 0.4) is 0 Å². The highest BCUT2D eigenvalue weighted by Gasteiger charge is 2.28. The van der Waals surface area contributed by atoms with Crippen LogP contribution in [0, 0.1) is 5.82 Å². The molecule has 0 bridgehead atoms. The molecule has 0 heterocycles. The number of Topliss-reactive ketones (excluding diaryl/α,β-unsaturated/α-hetero) is 1. The molecule has 2 aromatic rings. The molecule has 1 atom stereocenters. The molecule has 0 aromatic heterocycles. The van der Waals surface area contributed by atoms with E-state index in [-0.39, 0.29) is 17.5 Å². The molecular weight excluding hydrogens is 227 g/mol. The highest BCUT2D eigenvalue weighted by atomic mass is 19.1. The summed E-state index contributed by atoms with van der Waals surface area (Å²) >= 11 is 0. The van der Waals surface area contributed by atoms with E-state index >= 15 is 0 Å². The summed E-state index contributed by atoms with van der Waals surface area (Å²) in [6.07, 6.45) is 1.76. The summed E-state index contributed by atoms with van der Waals surface area (Å²) in [7, 11) is 0. The third-order valence-electron chi connectivity index (χ3n) is 3.56. The molecule has 2 heteroatoms. The van der Waals surface area contributed by atoms with Gasteiger partial charge in [-0.25, -0.2) is 4.39 Å². The number of hydrogen-bond acceptors (Lipinski definition) is 1. The number of carbonyl (C=O) groups is 1. The van der Waals surface area contributed by atoms with Crippen molar-refractivity contribution in [2.45, 2.75) is 18.8 Å². The zero-order valence-electron chi connectivity index (χ0n) is 9.90. The van der Waals surface area contributed by atoms with Gasteiger partial charge >= 0.3 is 0 Å². The van der Waals surface area contributed by atoms with Crippen molar-refractivity contribution in [3.05, 3.63) is 71.0 Å². The lowest BCUT2D eigenvalue weighted by Gasteiger charge is -2.10. The summed E-state index contributed by atoms with van der Waals surface area (Å²) in [5.41, 5.74) is 2.82. The van der Waals surface area contributed by atoms with E-state index in [9.17, 15) is 9.18 Å². The molecule has 1 unspecified atom stereocenters. The molecule has 0 N–H and O–H groups in total. The first-order valence-electron chi connectivity index (χ1n) is 6.13. The van der Waals surface area contributed by atoms with Crippen LogP contribution in [0.2, 0.25) is 0 Å². The third-order valence-corrected chi connectivity index (χ3v) is 3.56. The maximum Gasteiger partial charge on any atom is 0.170 e. The molecule has 3 rings (SSSR count). The normalized spacial score (nSPS) is 17.5.